The largest absolute Gasteiger partial charge is 0.433 e. The van der Waals surface area contributed by atoms with Gasteiger partial charge in [0.15, 0.2) is 0 Å². The van der Waals surface area contributed by atoms with Crippen molar-refractivity contribution in [2.45, 2.75) is 6.18 Å². The average Bonchev–Trinajstić information content (AvgIpc) is 3.26. The molecular weight excluding hydrogens is 409 g/mol. The molecule has 1 amide bonds. The number of hydrogen-bond acceptors (Lipinski definition) is 5. The van der Waals surface area contributed by atoms with E-state index < -0.39 is 17.8 Å². The third kappa shape index (κ3) is 4.13. The Labute approximate surface area is 174 Å². The average molecular weight is 424 g/mol. The van der Waals surface area contributed by atoms with Crippen molar-refractivity contribution in [2.75, 3.05) is 11.9 Å². The molecule has 0 unspecified atom stereocenters. The number of nitrogens with zero attached hydrogens (tertiary/aromatic N) is 6. The number of rotatable bonds is 4. The van der Waals surface area contributed by atoms with Crippen molar-refractivity contribution in [1.82, 2.24) is 24.7 Å². The summed E-state index contributed by atoms with van der Waals surface area (Å²) in [5.41, 5.74) is 0.380. The van der Waals surface area contributed by atoms with Crippen LogP contribution in [0.4, 0.5) is 18.9 Å². The Morgan fingerprint density at radius 2 is 1.77 bits per heavy atom. The molecule has 7 nitrogen and oxygen atoms in total. The summed E-state index contributed by atoms with van der Waals surface area (Å²) in [7, 11) is 1.57. The van der Waals surface area contributed by atoms with Gasteiger partial charge in [0.1, 0.15) is 11.4 Å². The standard InChI is InChI=1S/C21H15F3N6O/c1-29(15-6-9-25-10-7-15)20(31)17-5-4-16(13-27-17)30-19(21(22,23)24)11-18(28-30)14-3-2-8-26-12-14/h2-13H,1H3. The number of carbonyl (C=O) groups excluding carboxylic acids is 1. The van der Waals surface area contributed by atoms with E-state index in [4.69, 9.17) is 0 Å². The van der Waals surface area contributed by atoms with Crippen molar-refractivity contribution in [1.29, 1.82) is 0 Å². The molecule has 0 aliphatic carbocycles. The smallest absolute Gasteiger partial charge is 0.310 e. The molecule has 0 radical (unpaired) electrons. The second-order valence-corrected chi connectivity index (χ2v) is 6.54. The molecule has 0 fully saturated rings. The third-order valence-corrected chi connectivity index (χ3v) is 4.52. The van der Waals surface area contributed by atoms with E-state index in [2.05, 4.69) is 20.1 Å². The molecule has 0 bridgehead atoms. The van der Waals surface area contributed by atoms with Crippen molar-refractivity contribution < 1.29 is 18.0 Å². The summed E-state index contributed by atoms with van der Waals surface area (Å²) in [5, 5.41) is 4.09. The van der Waals surface area contributed by atoms with E-state index in [1.54, 1.807) is 43.7 Å². The first-order chi connectivity index (χ1) is 14.8. The van der Waals surface area contributed by atoms with E-state index in [1.165, 1.54) is 35.6 Å². The molecule has 0 aliphatic heterocycles. The first kappa shape index (κ1) is 20.2. The van der Waals surface area contributed by atoms with Crippen LogP contribution in [-0.4, -0.2) is 37.7 Å². The zero-order chi connectivity index (χ0) is 22.0. The summed E-state index contributed by atoms with van der Waals surface area (Å²) in [5.74, 6) is -0.412. The molecule has 4 heterocycles. The van der Waals surface area contributed by atoms with Crippen LogP contribution in [-0.2, 0) is 6.18 Å². The molecule has 4 aromatic rings. The molecular formula is C21H15F3N6O. The molecule has 0 N–H and O–H groups in total. The fourth-order valence-corrected chi connectivity index (χ4v) is 2.93. The molecule has 0 spiro atoms. The third-order valence-electron chi connectivity index (χ3n) is 4.52. The number of aromatic nitrogens is 5. The van der Waals surface area contributed by atoms with Gasteiger partial charge in [0.2, 0.25) is 0 Å². The van der Waals surface area contributed by atoms with Crippen LogP contribution in [0, 0.1) is 0 Å². The van der Waals surface area contributed by atoms with Gasteiger partial charge in [-0.15, -0.1) is 0 Å². The second kappa shape index (κ2) is 7.98. The minimum absolute atomic E-state index is 0.0746. The van der Waals surface area contributed by atoms with Gasteiger partial charge in [0.25, 0.3) is 5.91 Å². The Balaban J connectivity index is 1.67. The Morgan fingerprint density at radius 3 is 2.39 bits per heavy atom. The summed E-state index contributed by atoms with van der Waals surface area (Å²) >= 11 is 0. The summed E-state index contributed by atoms with van der Waals surface area (Å²) in [6.07, 6.45) is 2.60. The number of amides is 1. The summed E-state index contributed by atoms with van der Waals surface area (Å²) in [4.78, 5) is 25.9. The van der Waals surface area contributed by atoms with Crippen molar-refractivity contribution >= 4 is 11.6 Å². The number of carbonyl (C=O) groups is 1. The maximum Gasteiger partial charge on any atom is 0.433 e. The Hall–Kier alpha value is -4.08. The van der Waals surface area contributed by atoms with Gasteiger partial charge in [-0.25, -0.2) is 9.67 Å². The van der Waals surface area contributed by atoms with Crippen molar-refractivity contribution in [3.63, 3.8) is 0 Å². The van der Waals surface area contributed by atoms with Gasteiger partial charge < -0.3 is 4.90 Å². The monoisotopic (exact) mass is 424 g/mol. The highest BCUT2D eigenvalue weighted by atomic mass is 19.4. The van der Waals surface area contributed by atoms with Crippen LogP contribution >= 0.6 is 0 Å². The second-order valence-electron chi connectivity index (χ2n) is 6.54. The molecule has 0 saturated heterocycles. The number of pyridine rings is 3. The van der Waals surface area contributed by atoms with Gasteiger partial charge in [-0.3, -0.25) is 14.8 Å². The van der Waals surface area contributed by atoms with E-state index >= 15 is 0 Å². The van der Waals surface area contributed by atoms with E-state index in [9.17, 15) is 18.0 Å². The fourth-order valence-electron chi connectivity index (χ4n) is 2.93. The lowest BCUT2D eigenvalue weighted by molar-refractivity contribution is -0.142. The van der Waals surface area contributed by atoms with Gasteiger partial charge in [0, 0.05) is 43.1 Å². The molecule has 0 aromatic carbocycles. The number of anilines is 1. The van der Waals surface area contributed by atoms with Crippen LogP contribution in [0.15, 0.2) is 73.4 Å². The van der Waals surface area contributed by atoms with E-state index in [0.29, 0.717) is 11.3 Å². The Morgan fingerprint density at radius 1 is 1.00 bits per heavy atom. The van der Waals surface area contributed by atoms with Crippen LogP contribution < -0.4 is 4.90 Å². The lowest BCUT2D eigenvalue weighted by Gasteiger charge is -2.16. The fraction of sp³-hybridized carbons (Fsp3) is 0.0952. The Kier molecular flexibility index (Phi) is 5.20. The highest BCUT2D eigenvalue weighted by Crippen LogP contribution is 2.33. The van der Waals surface area contributed by atoms with Gasteiger partial charge >= 0.3 is 6.18 Å². The first-order valence-electron chi connectivity index (χ1n) is 9.07. The molecule has 4 rings (SSSR count). The maximum absolute atomic E-state index is 13.6. The predicted octanol–water partition coefficient (Wildman–Crippen LogP) is 4.02. The zero-order valence-electron chi connectivity index (χ0n) is 16.2. The van der Waals surface area contributed by atoms with Crippen molar-refractivity contribution in [2.24, 2.45) is 0 Å². The lowest BCUT2D eigenvalue weighted by Crippen LogP contribution is -2.27. The van der Waals surface area contributed by atoms with Crippen LogP contribution in [0.5, 0.6) is 0 Å². The van der Waals surface area contributed by atoms with E-state index in [0.717, 1.165) is 10.7 Å². The zero-order valence-corrected chi connectivity index (χ0v) is 16.2. The Bertz CT molecular complexity index is 1190. The van der Waals surface area contributed by atoms with E-state index in [1.807, 2.05) is 0 Å². The quantitative estimate of drug-likeness (QED) is 0.495. The van der Waals surface area contributed by atoms with Crippen LogP contribution in [0.3, 0.4) is 0 Å². The van der Waals surface area contributed by atoms with Gasteiger partial charge in [-0.1, -0.05) is 0 Å². The van der Waals surface area contributed by atoms with E-state index in [-0.39, 0.29) is 17.1 Å². The SMILES string of the molecule is CN(C(=O)c1ccc(-n2nc(-c3cccnc3)cc2C(F)(F)F)cn1)c1ccncc1. The normalized spacial score (nSPS) is 11.4. The molecule has 156 valence electrons. The molecule has 0 aliphatic rings. The molecule has 0 saturated carbocycles. The number of alkyl halides is 3. The summed E-state index contributed by atoms with van der Waals surface area (Å²) in [6, 6.07) is 10.2. The highest BCUT2D eigenvalue weighted by Gasteiger charge is 2.36. The van der Waals surface area contributed by atoms with Crippen molar-refractivity contribution in [3.05, 3.63) is 84.8 Å². The minimum atomic E-state index is -4.64. The highest BCUT2D eigenvalue weighted by molar-refractivity contribution is 6.04. The maximum atomic E-state index is 13.6. The summed E-state index contributed by atoms with van der Waals surface area (Å²) in [6.45, 7) is 0. The molecule has 10 heteroatoms. The van der Waals surface area contributed by atoms with Gasteiger partial charge in [-0.2, -0.15) is 18.3 Å². The molecule has 31 heavy (non-hydrogen) atoms. The molecule has 0 atom stereocenters. The first-order valence-corrected chi connectivity index (χ1v) is 9.07. The van der Waals surface area contributed by atoms with Gasteiger partial charge in [-0.05, 0) is 42.5 Å². The number of hydrogen-bond donors (Lipinski definition) is 0. The van der Waals surface area contributed by atoms with Crippen LogP contribution in [0.2, 0.25) is 0 Å². The number of halogens is 3. The minimum Gasteiger partial charge on any atom is -0.310 e. The summed E-state index contributed by atoms with van der Waals surface area (Å²) < 4.78 is 41.6. The van der Waals surface area contributed by atoms with Crippen LogP contribution in [0.1, 0.15) is 16.2 Å². The van der Waals surface area contributed by atoms with Gasteiger partial charge in [0.05, 0.1) is 17.6 Å². The molecule has 4 aromatic heterocycles. The van der Waals surface area contributed by atoms with Crippen molar-refractivity contribution in [3.8, 4) is 16.9 Å². The lowest BCUT2D eigenvalue weighted by atomic mass is 10.2. The van der Waals surface area contributed by atoms with Crippen LogP contribution in [0.25, 0.3) is 16.9 Å². The topological polar surface area (TPSA) is 76.8 Å². The predicted molar refractivity (Wildman–Crippen MR) is 107 cm³/mol.